The van der Waals surface area contributed by atoms with Crippen LogP contribution in [0.15, 0.2) is 55.0 Å². The van der Waals surface area contributed by atoms with E-state index in [1.807, 2.05) is 30.5 Å². The van der Waals surface area contributed by atoms with Crippen LogP contribution in [0.4, 0.5) is 5.69 Å². The molecule has 0 saturated heterocycles. The summed E-state index contributed by atoms with van der Waals surface area (Å²) < 4.78 is 2.06. The Morgan fingerprint density at radius 2 is 1.89 bits per heavy atom. The third kappa shape index (κ3) is 3.00. The van der Waals surface area contributed by atoms with E-state index < -0.39 is 0 Å². The highest BCUT2D eigenvalue weighted by Gasteiger charge is 2.17. The molecule has 7 heteroatoms. The zero-order valence-corrected chi connectivity index (χ0v) is 15.2. The SMILES string of the molecule is O=C(Nc1ccc(-c2cn3c4c(nnc3n2)CCCC4)cc1)c1cccnc1. The standard InChI is InChI=1S/C21H18N6O/c28-20(15-4-3-11-22-12-15)23-16-9-7-14(8-10-16)18-13-27-19-6-2-1-5-17(19)25-26-21(27)24-18/h3-4,7-13H,1-2,5-6H2,(H,23,28). The second-order valence-corrected chi connectivity index (χ2v) is 6.87. The van der Waals surface area contributed by atoms with Gasteiger partial charge in [0, 0.05) is 35.5 Å². The predicted octanol–water partition coefficient (Wildman–Crippen LogP) is 3.32. The zero-order valence-electron chi connectivity index (χ0n) is 15.2. The van der Waals surface area contributed by atoms with Gasteiger partial charge in [-0.3, -0.25) is 14.2 Å². The molecular weight excluding hydrogens is 352 g/mol. The number of pyridine rings is 1. The first-order valence-corrected chi connectivity index (χ1v) is 9.33. The lowest BCUT2D eigenvalue weighted by Gasteiger charge is -2.14. The molecule has 1 N–H and O–H groups in total. The third-order valence-corrected chi connectivity index (χ3v) is 5.01. The number of amides is 1. The molecule has 1 aliphatic rings. The van der Waals surface area contributed by atoms with Crippen molar-refractivity contribution >= 4 is 17.4 Å². The Kier molecular flexibility index (Phi) is 4.05. The van der Waals surface area contributed by atoms with Crippen molar-refractivity contribution in [3.63, 3.8) is 0 Å². The maximum absolute atomic E-state index is 12.2. The minimum atomic E-state index is -0.185. The van der Waals surface area contributed by atoms with Gasteiger partial charge in [0.15, 0.2) is 0 Å². The van der Waals surface area contributed by atoms with Gasteiger partial charge in [0.1, 0.15) is 0 Å². The molecule has 0 aliphatic heterocycles. The average Bonchev–Trinajstić information content (AvgIpc) is 3.20. The van der Waals surface area contributed by atoms with Crippen LogP contribution in [-0.4, -0.2) is 30.5 Å². The molecular formula is C21H18N6O. The summed E-state index contributed by atoms with van der Waals surface area (Å²) in [6.45, 7) is 0. The number of fused-ring (bicyclic) bond motifs is 3. The van der Waals surface area contributed by atoms with Crippen LogP contribution in [0.2, 0.25) is 0 Å². The summed E-state index contributed by atoms with van der Waals surface area (Å²) in [5, 5.41) is 11.5. The predicted molar refractivity (Wildman–Crippen MR) is 105 cm³/mol. The molecule has 1 aliphatic carbocycles. The number of imidazole rings is 1. The largest absolute Gasteiger partial charge is 0.322 e. The summed E-state index contributed by atoms with van der Waals surface area (Å²) in [6, 6.07) is 11.1. The normalized spacial score (nSPS) is 13.3. The van der Waals surface area contributed by atoms with Gasteiger partial charge in [-0.25, -0.2) is 4.98 Å². The number of rotatable bonds is 3. The van der Waals surface area contributed by atoms with Crippen LogP contribution in [0, 0.1) is 0 Å². The van der Waals surface area contributed by atoms with Gasteiger partial charge in [-0.1, -0.05) is 12.1 Å². The van der Waals surface area contributed by atoms with E-state index in [4.69, 9.17) is 0 Å². The first kappa shape index (κ1) is 16.6. The highest BCUT2D eigenvalue weighted by molar-refractivity contribution is 6.04. The second-order valence-electron chi connectivity index (χ2n) is 6.87. The Morgan fingerprint density at radius 3 is 2.71 bits per heavy atom. The molecule has 4 aromatic rings. The number of aromatic nitrogens is 5. The molecule has 0 radical (unpaired) electrons. The van der Waals surface area contributed by atoms with Gasteiger partial charge in [0.2, 0.25) is 0 Å². The fraction of sp³-hybridized carbons (Fsp3) is 0.190. The summed E-state index contributed by atoms with van der Waals surface area (Å²) in [5.41, 5.74) is 5.35. The van der Waals surface area contributed by atoms with Crippen LogP contribution in [-0.2, 0) is 12.8 Å². The lowest BCUT2D eigenvalue weighted by atomic mass is 10.0. The van der Waals surface area contributed by atoms with Gasteiger partial charge in [-0.05, 0) is 49.9 Å². The van der Waals surface area contributed by atoms with E-state index in [0.717, 1.165) is 35.5 Å². The van der Waals surface area contributed by atoms with Crippen LogP contribution in [0.1, 0.15) is 34.6 Å². The molecule has 138 valence electrons. The lowest BCUT2D eigenvalue weighted by molar-refractivity contribution is 0.102. The number of hydrogen-bond donors (Lipinski definition) is 1. The van der Waals surface area contributed by atoms with Crippen molar-refractivity contribution in [3.05, 3.63) is 71.9 Å². The number of hydrogen-bond acceptors (Lipinski definition) is 5. The number of aryl methyl sites for hydroxylation is 2. The number of nitrogens with zero attached hydrogens (tertiary/aromatic N) is 5. The minimum Gasteiger partial charge on any atom is -0.322 e. The summed E-state index contributed by atoms with van der Waals surface area (Å²) in [5.74, 6) is 0.445. The molecule has 0 spiro atoms. The van der Waals surface area contributed by atoms with Crippen LogP contribution in [0.5, 0.6) is 0 Å². The Hall–Kier alpha value is -3.61. The summed E-state index contributed by atoms with van der Waals surface area (Å²) in [4.78, 5) is 20.8. The molecule has 7 nitrogen and oxygen atoms in total. The molecule has 3 aromatic heterocycles. The number of benzene rings is 1. The smallest absolute Gasteiger partial charge is 0.257 e. The molecule has 1 aromatic carbocycles. The number of carbonyl (C=O) groups is 1. The Labute approximate surface area is 161 Å². The maximum atomic E-state index is 12.2. The van der Waals surface area contributed by atoms with Crippen molar-refractivity contribution in [1.29, 1.82) is 0 Å². The molecule has 0 bridgehead atoms. The number of anilines is 1. The van der Waals surface area contributed by atoms with Gasteiger partial charge in [-0.15, -0.1) is 5.10 Å². The highest BCUT2D eigenvalue weighted by atomic mass is 16.1. The topological polar surface area (TPSA) is 85.1 Å². The Morgan fingerprint density at radius 1 is 1.04 bits per heavy atom. The van der Waals surface area contributed by atoms with E-state index in [1.54, 1.807) is 24.5 Å². The summed E-state index contributed by atoms with van der Waals surface area (Å²) >= 11 is 0. The number of nitrogens with one attached hydrogen (secondary N) is 1. The molecule has 0 fully saturated rings. The maximum Gasteiger partial charge on any atom is 0.257 e. The molecule has 3 heterocycles. The molecule has 0 unspecified atom stereocenters. The molecule has 28 heavy (non-hydrogen) atoms. The van der Waals surface area contributed by atoms with Crippen LogP contribution in [0.3, 0.4) is 0 Å². The van der Waals surface area contributed by atoms with E-state index in [9.17, 15) is 4.79 Å². The zero-order chi connectivity index (χ0) is 18.9. The van der Waals surface area contributed by atoms with Crippen LogP contribution >= 0.6 is 0 Å². The third-order valence-electron chi connectivity index (χ3n) is 5.01. The van der Waals surface area contributed by atoms with E-state index in [1.165, 1.54) is 18.5 Å². The van der Waals surface area contributed by atoms with Gasteiger partial charge in [0.05, 0.1) is 17.0 Å². The van der Waals surface area contributed by atoms with Gasteiger partial charge >= 0.3 is 0 Å². The fourth-order valence-electron chi connectivity index (χ4n) is 3.55. The Bertz CT molecular complexity index is 1150. The number of carbonyl (C=O) groups excluding carboxylic acids is 1. The van der Waals surface area contributed by atoms with Crippen molar-refractivity contribution in [2.24, 2.45) is 0 Å². The van der Waals surface area contributed by atoms with Gasteiger partial charge in [-0.2, -0.15) is 5.10 Å². The quantitative estimate of drug-likeness (QED) is 0.598. The van der Waals surface area contributed by atoms with E-state index in [0.29, 0.717) is 11.3 Å². The van der Waals surface area contributed by atoms with Crippen molar-refractivity contribution in [2.45, 2.75) is 25.7 Å². The van der Waals surface area contributed by atoms with Gasteiger partial charge in [0.25, 0.3) is 11.7 Å². The molecule has 1 amide bonds. The van der Waals surface area contributed by atoms with E-state index in [-0.39, 0.29) is 5.91 Å². The van der Waals surface area contributed by atoms with E-state index in [2.05, 4.69) is 29.9 Å². The van der Waals surface area contributed by atoms with E-state index >= 15 is 0 Å². The van der Waals surface area contributed by atoms with Crippen molar-refractivity contribution in [3.8, 4) is 11.3 Å². The average molecular weight is 370 g/mol. The molecule has 0 atom stereocenters. The first-order valence-electron chi connectivity index (χ1n) is 9.33. The second kappa shape index (κ2) is 6.84. The lowest BCUT2D eigenvalue weighted by Crippen LogP contribution is -2.12. The monoisotopic (exact) mass is 370 g/mol. The van der Waals surface area contributed by atoms with Crippen molar-refractivity contribution in [1.82, 2.24) is 24.6 Å². The first-order chi connectivity index (χ1) is 13.8. The van der Waals surface area contributed by atoms with Crippen molar-refractivity contribution < 1.29 is 4.79 Å². The Balaban J connectivity index is 1.40. The van der Waals surface area contributed by atoms with Gasteiger partial charge < -0.3 is 5.32 Å². The molecule has 5 rings (SSSR count). The summed E-state index contributed by atoms with van der Waals surface area (Å²) in [6.07, 6.45) is 9.54. The molecule has 0 saturated carbocycles. The van der Waals surface area contributed by atoms with Crippen LogP contribution in [0.25, 0.3) is 17.0 Å². The van der Waals surface area contributed by atoms with Crippen LogP contribution < -0.4 is 5.32 Å². The minimum absolute atomic E-state index is 0.185. The van der Waals surface area contributed by atoms with Crippen molar-refractivity contribution in [2.75, 3.05) is 5.32 Å². The highest BCUT2D eigenvalue weighted by Crippen LogP contribution is 2.24. The summed E-state index contributed by atoms with van der Waals surface area (Å²) in [7, 11) is 0. The fourth-order valence-corrected chi connectivity index (χ4v) is 3.55.